The number of hydrogen-bond donors (Lipinski definition) is 1. The van der Waals surface area contributed by atoms with Gasteiger partial charge in [0.1, 0.15) is 5.00 Å². The molecule has 6 heteroatoms. The van der Waals surface area contributed by atoms with E-state index in [4.69, 9.17) is 4.52 Å². The maximum Gasteiger partial charge on any atom is 0.263 e. The second-order valence-electron chi connectivity index (χ2n) is 4.01. The predicted molar refractivity (Wildman–Crippen MR) is 75.1 cm³/mol. The summed E-state index contributed by atoms with van der Waals surface area (Å²) in [5, 5.41) is 8.05. The largest absolute Gasteiger partial charge is 0.378 e. The molecular formula is C13H12N4OS. The Morgan fingerprint density at radius 1 is 1.21 bits per heavy atom. The number of rotatable bonds is 3. The van der Waals surface area contributed by atoms with Crippen LogP contribution in [0.25, 0.3) is 22.8 Å². The van der Waals surface area contributed by atoms with Crippen molar-refractivity contribution in [3.05, 3.63) is 36.0 Å². The molecule has 0 spiro atoms. The number of nitrogens with one attached hydrogen (secondary N) is 1. The van der Waals surface area contributed by atoms with E-state index in [0.717, 1.165) is 21.8 Å². The molecule has 1 aromatic carbocycles. The lowest BCUT2D eigenvalue weighted by Crippen LogP contribution is -1.88. The van der Waals surface area contributed by atoms with E-state index in [9.17, 15) is 0 Å². The smallest absolute Gasteiger partial charge is 0.263 e. The molecule has 0 radical (unpaired) electrons. The van der Waals surface area contributed by atoms with Crippen LogP contribution in [0.15, 0.2) is 34.9 Å². The normalized spacial score (nSPS) is 10.6. The highest BCUT2D eigenvalue weighted by Gasteiger charge is 2.18. The first kappa shape index (κ1) is 11.9. The lowest BCUT2D eigenvalue weighted by Gasteiger charge is -1.96. The Bertz CT molecular complexity index is 690. The Balaban J connectivity index is 2.04. The Morgan fingerprint density at radius 3 is 2.74 bits per heavy atom. The van der Waals surface area contributed by atoms with Gasteiger partial charge in [0.2, 0.25) is 5.82 Å². The molecule has 96 valence electrons. The molecule has 2 aromatic heterocycles. The van der Waals surface area contributed by atoms with Gasteiger partial charge in [0, 0.05) is 12.6 Å². The SMILES string of the molecule is CNc1snc(C)c1-c1nc(-c2ccccc2)no1. The summed E-state index contributed by atoms with van der Waals surface area (Å²) in [6.07, 6.45) is 0. The summed E-state index contributed by atoms with van der Waals surface area (Å²) in [5.41, 5.74) is 2.70. The van der Waals surface area contributed by atoms with Crippen molar-refractivity contribution in [2.75, 3.05) is 12.4 Å². The molecular weight excluding hydrogens is 260 g/mol. The highest BCUT2D eigenvalue weighted by atomic mass is 32.1. The standard InChI is InChI=1S/C13H12N4OS/c1-8-10(13(14-2)19-17-8)12-15-11(16-18-12)9-6-4-3-5-7-9/h3-7,14H,1-2H3. The third-order valence-corrected chi connectivity index (χ3v) is 3.72. The van der Waals surface area contributed by atoms with Crippen molar-refractivity contribution in [3.8, 4) is 22.8 Å². The Hall–Kier alpha value is -2.21. The second-order valence-corrected chi connectivity index (χ2v) is 4.78. The lowest BCUT2D eigenvalue weighted by atomic mass is 10.2. The summed E-state index contributed by atoms with van der Waals surface area (Å²) < 4.78 is 9.65. The quantitative estimate of drug-likeness (QED) is 0.793. The number of benzene rings is 1. The van der Waals surface area contributed by atoms with E-state index in [-0.39, 0.29) is 0 Å². The molecule has 5 nitrogen and oxygen atoms in total. The number of hydrogen-bond acceptors (Lipinski definition) is 6. The zero-order valence-electron chi connectivity index (χ0n) is 10.5. The minimum absolute atomic E-state index is 0.495. The van der Waals surface area contributed by atoms with Gasteiger partial charge in [0.05, 0.1) is 11.3 Å². The van der Waals surface area contributed by atoms with Crippen molar-refractivity contribution in [1.29, 1.82) is 0 Å². The van der Waals surface area contributed by atoms with Crippen molar-refractivity contribution < 1.29 is 4.52 Å². The van der Waals surface area contributed by atoms with Gasteiger partial charge in [-0.2, -0.15) is 9.36 Å². The molecule has 0 fully saturated rings. The summed E-state index contributed by atoms with van der Waals surface area (Å²) in [6.45, 7) is 1.93. The van der Waals surface area contributed by atoms with E-state index in [1.54, 1.807) is 0 Å². The average molecular weight is 272 g/mol. The minimum atomic E-state index is 0.495. The van der Waals surface area contributed by atoms with E-state index in [1.807, 2.05) is 44.3 Å². The van der Waals surface area contributed by atoms with Gasteiger partial charge in [-0.15, -0.1) is 0 Å². The topological polar surface area (TPSA) is 63.8 Å². The summed E-state index contributed by atoms with van der Waals surface area (Å²) in [7, 11) is 1.85. The van der Waals surface area contributed by atoms with E-state index in [0.29, 0.717) is 11.7 Å². The molecule has 0 bridgehead atoms. The molecule has 0 saturated heterocycles. The third-order valence-electron chi connectivity index (χ3n) is 2.76. The van der Waals surface area contributed by atoms with Gasteiger partial charge in [-0.1, -0.05) is 35.5 Å². The second kappa shape index (κ2) is 4.81. The molecule has 0 atom stereocenters. The van der Waals surface area contributed by atoms with Crippen LogP contribution in [-0.4, -0.2) is 21.6 Å². The number of anilines is 1. The van der Waals surface area contributed by atoms with Crippen LogP contribution in [0.2, 0.25) is 0 Å². The Morgan fingerprint density at radius 2 is 2.00 bits per heavy atom. The van der Waals surface area contributed by atoms with Crippen LogP contribution in [0.1, 0.15) is 5.69 Å². The highest BCUT2D eigenvalue weighted by Crippen LogP contribution is 2.34. The minimum Gasteiger partial charge on any atom is -0.378 e. The fourth-order valence-corrected chi connectivity index (χ4v) is 2.56. The molecule has 1 N–H and O–H groups in total. The highest BCUT2D eigenvalue weighted by molar-refractivity contribution is 7.10. The maximum absolute atomic E-state index is 5.35. The van der Waals surface area contributed by atoms with Gasteiger partial charge in [0.15, 0.2) is 0 Å². The summed E-state index contributed by atoms with van der Waals surface area (Å²) in [6, 6.07) is 9.75. The molecule has 2 heterocycles. The average Bonchev–Trinajstić information content (AvgIpc) is 3.05. The van der Waals surface area contributed by atoms with Gasteiger partial charge >= 0.3 is 0 Å². The van der Waals surface area contributed by atoms with Gasteiger partial charge in [-0.3, -0.25) is 0 Å². The van der Waals surface area contributed by atoms with Crippen LogP contribution < -0.4 is 5.32 Å². The Kier molecular flexibility index (Phi) is 3.00. The van der Waals surface area contributed by atoms with Gasteiger partial charge in [-0.25, -0.2) is 0 Å². The molecule has 0 saturated carbocycles. The first-order valence-corrected chi connectivity index (χ1v) is 6.60. The van der Waals surface area contributed by atoms with Crippen molar-refractivity contribution in [2.24, 2.45) is 0 Å². The molecule has 0 aliphatic carbocycles. The summed E-state index contributed by atoms with van der Waals surface area (Å²) in [4.78, 5) is 4.44. The zero-order valence-corrected chi connectivity index (χ0v) is 11.4. The zero-order chi connectivity index (χ0) is 13.2. The van der Waals surface area contributed by atoms with Gasteiger partial charge in [0.25, 0.3) is 5.89 Å². The summed E-state index contributed by atoms with van der Waals surface area (Å²) in [5.74, 6) is 1.08. The summed E-state index contributed by atoms with van der Waals surface area (Å²) >= 11 is 1.39. The molecule has 3 aromatic rings. The third kappa shape index (κ3) is 2.10. The van der Waals surface area contributed by atoms with Crippen LogP contribution in [0.4, 0.5) is 5.00 Å². The monoisotopic (exact) mass is 272 g/mol. The van der Waals surface area contributed by atoms with E-state index in [1.165, 1.54) is 11.5 Å². The molecule has 0 unspecified atom stereocenters. The van der Waals surface area contributed by atoms with E-state index < -0.39 is 0 Å². The fourth-order valence-electron chi connectivity index (χ4n) is 1.82. The molecule has 3 rings (SSSR count). The van der Waals surface area contributed by atoms with Crippen LogP contribution in [-0.2, 0) is 0 Å². The van der Waals surface area contributed by atoms with Crippen LogP contribution in [0.5, 0.6) is 0 Å². The first-order chi connectivity index (χ1) is 9.29. The van der Waals surface area contributed by atoms with Gasteiger partial charge < -0.3 is 9.84 Å². The number of aryl methyl sites for hydroxylation is 1. The van der Waals surface area contributed by atoms with Crippen molar-refractivity contribution in [2.45, 2.75) is 6.92 Å². The number of aromatic nitrogens is 3. The van der Waals surface area contributed by atoms with Gasteiger partial charge in [-0.05, 0) is 18.5 Å². The molecule has 0 aliphatic rings. The van der Waals surface area contributed by atoms with Crippen molar-refractivity contribution in [3.63, 3.8) is 0 Å². The molecule has 0 amide bonds. The van der Waals surface area contributed by atoms with Crippen LogP contribution in [0, 0.1) is 6.92 Å². The lowest BCUT2D eigenvalue weighted by molar-refractivity contribution is 0.432. The predicted octanol–water partition coefficient (Wildman–Crippen LogP) is 3.21. The number of nitrogens with zero attached hydrogens (tertiary/aromatic N) is 3. The fraction of sp³-hybridized carbons (Fsp3) is 0.154. The van der Waals surface area contributed by atoms with E-state index in [2.05, 4.69) is 19.8 Å². The van der Waals surface area contributed by atoms with Crippen LogP contribution >= 0.6 is 11.5 Å². The van der Waals surface area contributed by atoms with Crippen molar-refractivity contribution >= 4 is 16.5 Å². The van der Waals surface area contributed by atoms with Crippen molar-refractivity contribution in [1.82, 2.24) is 14.5 Å². The Labute approximate surface area is 114 Å². The van der Waals surface area contributed by atoms with E-state index >= 15 is 0 Å². The first-order valence-electron chi connectivity index (χ1n) is 5.83. The van der Waals surface area contributed by atoms with Crippen LogP contribution in [0.3, 0.4) is 0 Å². The molecule has 0 aliphatic heterocycles. The maximum atomic E-state index is 5.35. The molecule has 19 heavy (non-hydrogen) atoms.